The molecule has 2 unspecified atom stereocenters. The fourth-order valence-corrected chi connectivity index (χ4v) is 5.36. The number of esters is 1. The lowest BCUT2D eigenvalue weighted by Crippen LogP contribution is -2.46. The van der Waals surface area contributed by atoms with Crippen molar-refractivity contribution in [3.63, 3.8) is 0 Å². The maximum absolute atomic E-state index is 13.5. The van der Waals surface area contributed by atoms with Gasteiger partial charge in [0.2, 0.25) is 0 Å². The summed E-state index contributed by atoms with van der Waals surface area (Å²) in [6, 6.07) is 10.0. The zero-order chi connectivity index (χ0) is 23.1. The summed E-state index contributed by atoms with van der Waals surface area (Å²) >= 11 is 0. The van der Waals surface area contributed by atoms with Crippen LogP contribution in [0.3, 0.4) is 0 Å². The highest BCUT2D eigenvalue weighted by atomic mass is 16.6. The number of benzene rings is 1. The molecule has 1 aromatic carbocycles. The summed E-state index contributed by atoms with van der Waals surface area (Å²) in [5, 5.41) is 0. The summed E-state index contributed by atoms with van der Waals surface area (Å²) in [7, 11) is 0. The van der Waals surface area contributed by atoms with Crippen LogP contribution in [0.4, 0.5) is 10.5 Å². The number of para-hydroxylation sites is 1. The average molecular weight is 439 g/mol. The van der Waals surface area contributed by atoms with E-state index in [1.807, 2.05) is 45.0 Å². The van der Waals surface area contributed by atoms with Crippen LogP contribution in [0.1, 0.15) is 72.4 Å². The van der Waals surface area contributed by atoms with Crippen molar-refractivity contribution in [2.75, 3.05) is 4.90 Å². The molecule has 6 nitrogen and oxygen atoms in total. The first-order chi connectivity index (χ1) is 15.1. The van der Waals surface area contributed by atoms with Crippen molar-refractivity contribution in [3.05, 3.63) is 42.2 Å². The second kappa shape index (κ2) is 8.30. The topological polar surface area (TPSA) is 60.8 Å². The van der Waals surface area contributed by atoms with Gasteiger partial charge in [-0.15, -0.1) is 0 Å². The molecular formula is C26H34N2O4. The molecule has 172 valence electrons. The molecule has 1 aromatic heterocycles. The van der Waals surface area contributed by atoms with Crippen molar-refractivity contribution in [2.45, 2.75) is 90.5 Å². The lowest BCUT2D eigenvalue weighted by atomic mass is 9.70. The zero-order valence-electron chi connectivity index (χ0n) is 19.8. The van der Waals surface area contributed by atoms with Gasteiger partial charge in [-0.1, -0.05) is 25.1 Å². The van der Waals surface area contributed by atoms with Gasteiger partial charge in [0.15, 0.2) is 6.23 Å². The van der Waals surface area contributed by atoms with Gasteiger partial charge in [0.1, 0.15) is 5.60 Å². The van der Waals surface area contributed by atoms with Gasteiger partial charge < -0.3 is 14.0 Å². The lowest BCUT2D eigenvalue weighted by Gasteiger charge is -2.39. The SMILES string of the molecule is CCC12CCCn3ccc(c31)-c1ccccc1N(C(=O)OC(C)(C)C)C(OC(C)=O)CC2. The molecule has 3 heterocycles. The van der Waals surface area contributed by atoms with Crippen molar-refractivity contribution in [3.8, 4) is 11.1 Å². The highest BCUT2D eigenvalue weighted by Gasteiger charge is 2.43. The number of anilines is 1. The van der Waals surface area contributed by atoms with E-state index in [-0.39, 0.29) is 5.41 Å². The van der Waals surface area contributed by atoms with E-state index in [1.54, 1.807) is 4.90 Å². The largest absolute Gasteiger partial charge is 0.443 e. The molecule has 2 atom stereocenters. The van der Waals surface area contributed by atoms with Crippen molar-refractivity contribution >= 4 is 17.7 Å². The first-order valence-electron chi connectivity index (χ1n) is 11.6. The molecule has 2 aromatic rings. The maximum Gasteiger partial charge on any atom is 0.417 e. The lowest BCUT2D eigenvalue weighted by molar-refractivity contribution is -0.146. The molecule has 6 heteroatoms. The second-order valence-corrected chi connectivity index (χ2v) is 9.98. The van der Waals surface area contributed by atoms with Crippen LogP contribution in [0.2, 0.25) is 0 Å². The number of hydrogen-bond donors (Lipinski definition) is 0. The van der Waals surface area contributed by atoms with Crippen LogP contribution in [0.25, 0.3) is 11.1 Å². The molecule has 2 aliphatic rings. The first-order valence-corrected chi connectivity index (χ1v) is 11.6. The monoisotopic (exact) mass is 438 g/mol. The molecule has 1 amide bonds. The molecule has 0 bridgehead atoms. The van der Waals surface area contributed by atoms with E-state index in [2.05, 4.69) is 23.8 Å². The van der Waals surface area contributed by atoms with Gasteiger partial charge in [-0.25, -0.2) is 9.69 Å². The van der Waals surface area contributed by atoms with Gasteiger partial charge in [-0.2, -0.15) is 0 Å². The highest BCUT2D eigenvalue weighted by Crippen LogP contribution is 2.49. The number of aryl methyl sites for hydroxylation is 1. The van der Waals surface area contributed by atoms with Crippen LogP contribution in [0.15, 0.2) is 36.5 Å². The maximum atomic E-state index is 13.5. The molecule has 2 aliphatic heterocycles. The Morgan fingerprint density at radius 3 is 2.56 bits per heavy atom. The van der Waals surface area contributed by atoms with Gasteiger partial charge in [-0.05, 0) is 58.6 Å². The molecule has 0 saturated carbocycles. The molecule has 0 radical (unpaired) electrons. The van der Waals surface area contributed by atoms with Gasteiger partial charge >= 0.3 is 12.1 Å². The Labute approximate surface area is 190 Å². The van der Waals surface area contributed by atoms with Gasteiger partial charge in [0, 0.05) is 48.3 Å². The van der Waals surface area contributed by atoms with Crippen LogP contribution in [-0.4, -0.2) is 28.5 Å². The Morgan fingerprint density at radius 2 is 1.88 bits per heavy atom. The Hall–Kier alpha value is -2.76. The van der Waals surface area contributed by atoms with Crippen molar-refractivity contribution in [1.82, 2.24) is 4.57 Å². The summed E-state index contributed by atoms with van der Waals surface area (Å²) < 4.78 is 13.9. The van der Waals surface area contributed by atoms with E-state index in [0.717, 1.165) is 43.4 Å². The quantitative estimate of drug-likeness (QED) is 0.538. The molecule has 4 rings (SSSR count). The summed E-state index contributed by atoms with van der Waals surface area (Å²) in [5.74, 6) is -0.406. The average Bonchev–Trinajstić information content (AvgIpc) is 3.16. The molecule has 0 N–H and O–H groups in total. The number of carbonyl (C=O) groups excluding carboxylic acids is 2. The molecular weight excluding hydrogens is 404 g/mol. The minimum Gasteiger partial charge on any atom is -0.443 e. The molecule has 32 heavy (non-hydrogen) atoms. The van der Waals surface area contributed by atoms with E-state index in [4.69, 9.17) is 9.47 Å². The van der Waals surface area contributed by atoms with E-state index >= 15 is 0 Å². The Balaban J connectivity index is 1.94. The van der Waals surface area contributed by atoms with Crippen molar-refractivity contribution in [1.29, 1.82) is 0 Å². The van der Waals surface area contributed by atoms with E-state index < -0.39 is 23.9 Å². The minimum atomic E-state index is -0.730. The smallest absolute Gasteiger partial charge is 0.417 e. The van der Waals surface area contributed by atoms with Crippen LogP contribution in [0, 0.1) is 0 Å². The van der Waals surface area contributed by atoms with Gasteiger partial charge in [0.25, 0.3) is 0 Å². The highest BCUT2D eigenvalue weighted by molar-refractivity contribution is 5.95. The summed E-state index contributed by atoms with van der Waals surface area (Å²) in [4.78, 5) is 27.1. The summed E-state index contributed by atoms with van der Waals surface area (Å²) in [5.41, 5.74) is 3.47. The number of hydrogen-bond acceptors (Lipinski definition) is 4. The predicted octanol–water partition coefficient (Wildman–Crippen LogP) is 6.02. The minimum absolute atomic E-state index is 0.0213. The number of fused-ring (bicyclic) bond motifs is 2. The number of carbonyl (C=O) groups is 2. The summed E-state index contributed by atoms with van der Waals surface area (Å²) in [6.45, 7) is 10.2. The Morgan fingerprint density at radius 1 is 1.12 bits per heavy atom. The molecule has 0 saturated heterocycles. The Bertz CT molecular complexity index is 1020. The predicted molar refractivity (Wildman–Crippen MR) is 125 cm³/mol. The normalized spacial score (nSPS) is 22.7. The van der Waals surface area contributed by atoms with E-state index in [0.29, 0.717) is 12.1 Å². The van der Waals surface area contributed by atoms with Crippen LogP contribution in [0.5, 0.6) is 0 Å². The molecule has 0 fully saturated rings. The number of rotatable bonds is 2. The van der Waals surface area contributed by atoms with Crippen LogP contribution < -0.4 is 4.90 Å². The number of ether oxygens (including phenoxy) is 2. The fourth-order valence-electron chi connectivity index (χ4n) is 5.36. The zero-order valence-corrected chi connectivity index (χ0v) is 19.8. The number of nitrogens with zero attached hydrogens (tertiary/aromatic N) is 2. The summed E-state index contributed by atoms with van der Waals surface area (Å²) in [6.07, 6.45) is 5.51. The fraction of sp³-hybridized carbons (Fsp3) is 0.538. The van der Waals surface area contributed by atoms with Crippen molar-refractivity contribution in [2.24, 2.45) is 0 Å². The first kappa shape index (κ1) is 22.4. The number of amides is 1. The van der Waals surface area contributed by atoms with Crippen LogP contribution in [-0.2, 0) is 26.2 Å². The van der Waals surface area contributed by atoms with Crippen LogP contribution >= 0.6 is 0 Å². The van der Waals surface area contributed by atoms with Gasteiger partial charge in [-0.3, -0.25) is 4.79 Å². The number of aromatic nitrogens is 1. The second-order valence-electron chi connectivity index (χ2n) is 9.98. The standard InChI is InChI=1S/C26H34N2O4/c1-6-26-14-9-16-27-17-13-20(23(26)27)19-10-7-8-11-21(19)28(24(30)32-25(3,4)5)22(12-15-26)31-18(2)29/h7-8,10-11,13,17,22H,6,9,12,14-16H2,1-5H3. The van der Waals surface area contributed by atoms with Crippen molar-refractivity contribution < 1.29 is 19.1 Å². The van der Waals surface area contributed by atoms with E-state index in [9.17, 15) is 9.59 Å². The Kier molecular flexibility index (Phi) is 5.82. The van der Waals surface area contributed by atoms with E-state index in [1.165, 1.54) is 12.6 Å². The third kappa shape index (κ3) is 4.03. The third-order valence-electron chi connectivity index (χ3n) is 6.70. The molecule has 0 aliphatic carbocycles. The molecule has 0 spiro atoms. The van der Waals surface area contributed by atoms with Gasteiger partial charge in [0.05, 0.1) is 5.69 Å². The third-order valence-corrected chi connectivity index (χ3v) is 6.70.